The molecule has 0 atom stereocenters. The summed E-state index contributed by atoms with van der Waals surface area (Å²) in [5.41, 5.74) is -1.49. The van der Waals surface area contributed by atoms with Gasteiger partial charge in [0.15, 0.2) is 0 Å². The molecule has 0 aliphatic heterocycles. The van der Waals surface area contributed by atoms with E-state index < -0.39 is 29.4 Å². The summed E-state index contributed by atoms with van der Waals surface area (Å²) in [6.07, 6.45) is -1.72. The first-order valence-corrected chi connectivity index (χ1v) is 7.92. The van der Waals surface area contributed by atoms with Gasteiger partial charge in [0.25, 0.3) is 0 Å². The highest BCUT2D eigenvalue weighted by atomic mass is 16.6. The fourth-order valence-electron chi connectivity index (χ4n) is 1.45. The Kier molecular flexibility index (Phi) is 8.38. The van der Waals surface area contributed by atoms with Crippen LogP contribution in [0.15, 0.2) is 4.99 Å². The molecule has 0 rings (SSSR count). The standard InChI is InChI=1S/C16H29N3O6/c1-9-23-11(20)10-19(8)12(17-13(21)24-15(2,3)4)18-14(22)25-16(5,6)7/h9-10H2,1-8H3,(H,17,18,21,22). The minimum Gasteiger partial charge on any atom is -0.465 e. The van der Waals surface area contributed by atoms with Crippen LogP contribution in [0.2, 0.25) is 0 Å². The predicted octanol–water partition coefficient (Wildman–Crippen LogP) is 2.30. The van der Waals surface area contributed by atoms with Crippen molar-refractivity contribution in [3.05, 3.63) is 0 Å². The lowest BCUT2D eigenvalue weighted by Gasteiger charge is -2.24. The highest BCUT2D eigenvalue weighted by Gasteiger charge is 2.23. The molecule has 144 valence electrons. The molecule has 0 fully saturated rings. The molecule has 9 heteroatoms. The van der Waals surface area contributed by atoms with Crippen molar-refractivity contribution in [3.8, 4) is 0 Å². The van der Waals surface area contributed by atoms with Gasteiger partial charge in [-0.1, -0.05) is 0 Å². The predicted molar refractivity (Wildman–Crippen MR) is 92.3 cm³/mol. The van der Waals surface area contributed by atoms with E-state index >= 15 is 0 Å². The van der Waals surface area contributed by atoms with E-state index in [0.29, 0.717) is 0 Å². The first kappa shape index (κ1) is 22.7. The third kappa shape index (κ3) is 11.8. The number of aliphatic imine (C=N–C) groups is 1. The number of nitrogens with one attached hydrogen (secondary N) is 1. The van der Waals surface area contributed by atoms with Crippen molar-refractivity contribution < 1.29 is 28.6 Å². The van der Waals surface area contributed by atoms with Crippen molar-refractivity contribution in [1.29, 1.82) is 0 Å². The van der Waals surface area contributed by atoms with Crippen molar-refractivity contribution in [2.45, 2.75) is 59.7 Å². The molecule has 0 unspecified atom stereocenters. The second-order valence-corrected chi connectivity index (χ2v) is 7.20. The second kappa shape index (κ2) is 9.24. The number of esters is 1. The number of guanidine groups is 1. The van der Waals surface area contributed by atoms with Crippen molar-refractivity contribution in [2.75, 3.05) is 20.2 Å². The lowest BCUT2D eigenvalue weighted by Crippen LogP contribution is -2.46. The van der Waals surface area contributed by atoms with Crippen LogP contribution in [0.3, 0.4) is 0 Å². The Morgan fingerprint density at radius 2 is 1.52 bits per heavy atom. The van der Waals surface area contributed by atoms with E-state index in [2.05, 4.69) is 10.3 Å². The number of alkyl carbamates (subject to hydrolysis) is 1. The highest BCUT2D eigenvalue weighted by molar-refractivity contribution is 5.99. The number of hydrogen-bond donors (Lipinski definition) is 1. The summed E-state index contributed by atoms with van der Waals surface area (Å²) in [6, 6.07) is 0. The molecule has 0 heterocycles. The zero-order chi connectivity index (χ0) is 19.8. The summed E-state index contributed by atoms with van der Waals surface area (Å²) in [6.45, 7) is 11.8. The zero-order valence-electron chi connectivity index (χ0n) is 16.3. The van der Waals surface area contributed by atoms with Gasteiger partial charge in [-0.25, -0.2) is 9.59 Å². The van der Waals surface area contributed by atoms with Gasteiger partial charge in [-0.3, -0.25) is 10.1 Å². The minimum absolute atomic E-state index is 0.184. The Labute approximate surface area is 148 Å². The Balaban J connectivity index is 5.25. The highest BCUT2D eigenvalue weighted by Crippen LogP contribution is 2.09. The number of nitrogens with zero attached hydrogens (tertiary/aromatic N) is 2. The summed E-state index contributed by atoms with van der Waals surface area (Å²) in [5.74, 6) is -0.718. The fraction of sp³-hybridized carbons (Fsp3) is 0.750. The number of hydrogen-bond acceptors (Lipinski definition) is 6. The first-order chi connectivity index (χ1) is 11.2. The molecule has 0 aliphatic carbocycles. The van der Waals surface area contributed by atoms with Crippen LogP contribution in [0, 0.1) is 0 Å². The fourth-order valence-corrected chi connectivity index (χ4v) is 1.45. The van der Waals surface area contributed by atoms with Crippen molar-refractivity contribution in [1.82, 2.24) is 10.2 Å². The monoisotopic (exact) mass is 359 g/mol. The third-order valence-corrected chi connectivity index (χ3v) is 2.24. The Morgan fingerprint density at radius 1 is 1.00 bits per heavy atom. The van der Waals surface area contributed by atoms with Crippen molar-refractivity contribution in [2.24, 2.45) is 4.99 Å². The molecule has 0 spiro atoms. The topological polar surface area (TPSA) is 107 Å². The van der Waals surface area contributed by atoms with Crippen LogP contribution in [0.5, 0.6) is 0 Å². The van der Waals surface area contributed by atoms with E-state index in [9.17, 15) is 14.4 Å². The van der Waals surface area contributed by atoms with Gasteiger partial charge in [-0.05, 0) is 48.5 Å². The molecule has 25 heavy (non-hydrogen) atoms. The Bertz CT molecular complexity index is 517. The van der Waals surface area contributed by atoms with E-state index in [4.69, 9.17) is 14.2 Å². The number of likely N-dealkylation sites (N-methyl/N-ethyl adjacent to an activating group) is 1. The van der Waals surface area contributed by atoms with Gasteiger partial charge < -0.3 is 19.1 Å². The van der Waals surface area contributed by atoms with Crippen molar-refractivity contribution >= 4 is 24.1 Å². The van der Waals surface area contributed by atoms with E-state index in [1.165, 1.54) is 11.9 Å². The molecule has 9 nitrogen and oxygen atoms in total. The van der Waals surface area contributed by atoms with Crippen LogP contribution in [-0.4, -0.2) is 60.4 Å². The SMILES string of the molecule is CCOC(=O)CN(C)/C(=N\C(=O)OC(C)(C)C)NC(=O)OC(C)(C)C. The summed E-state index contributed by atoms with van der Waals surface area (Å²) in [4.78, 5) is 40.4. The minimum atomic E-state index is -0.908. The maximum atomic E-state index is 11.9. The zero-order valence-corrected chi connectivity index (χ0v) is 16.3. The summed E-state index contributed by atoms with van der Waals surface area (Å²) >= 11 is 0. The molecule has 2 amide bonds. The second-order valence-electron chi connectivity index (χ2n) is 7.20. The molecule has 1 N–H and O–H groups in total. The van der Waals surface area contributed by atoms with Crippen LogP contribution in [0.4, 0.5) is 9.59 Å². The smallest absolute Gasteiger partial charge is 0.437 e. The van der Waals surface area contributed by atoms with Crippen LogP contribution < -0.4 is 5.32 Å². The molecule has 0 aromatic rings. The Hall–Kier alpha value is -2.32. The molecule has 0 saturated heterocycles. The maximum absolute atomic E-state index is 11.9. The average Bonchev–Trinajstić information content (AvgIpc) is 2.33. The van der Waals surface area contributed by atoms with Crippen LogP contribution in [0.25, 0.3) is 0 Å². The molecule has 0 aromatic carbocycles. The number of rotatable bonds is 3. The molecular formula is C16H29N3O6. The summed E-state index contributed by atoms with van der Waals surface area (Å²) in [5, 5.41) is 2.34. The normalized spacial score (nSPS) is 12.2. The van der Waals surface area contributed by atoms with E-state index in [-0.39, 0.29) is 19.1 Å². The van der Waals surface area contributed by atoms with Crippen LogP contribution in [-0.2, 0) is 19.0 Å². The van der Waals surface area contributed by atoms with E-state index in [1.807, 2.05) is 0 Å². The summed E-state index contributed by atoms with van der Waals surface area (Å²) < 4.78 is 15.1. The maximum Gasteiger partial charge on any atom is 0.437 e. The van der Waals surface area contributed by atoms with Gasteiger partial charge in [0.05, 0.1) is 6.61 Å². The van der Waals surface area contributed by atoms with E-state index in [1.54, 1.807) is 48.5 Å². The number of ether oxygens (including phenoxy) is 3. The molecule has 0 saturated carbocycles. The lowest BCUT2D eigenvalue weighted by atomic mass is 10.2. The number of carbonyl (C=O) groups excluding carboxylic acids is 3. The average molecular weight is 359 g/mol. The largest absolute Gasteiger partial charge is 0.465 e. The number of amides is 2. The molecule has 0 aromatic heterocycles. The molecule has 0 radical (unpaired) electrons. The lowest BCUT2D eigenvalue weighted by molar-refractivity contribution is -0.143. The van der Waals surface area contributed by atoms with Crippen molar-refractivity contribution in [3.63, 3.8) is 0 Å². The molecule has 0 aliphatic rings. The van der Waals surface area contributed by atoms with Gasteiger partial charge in [-0.2, -0.15) is 0 Å². The Morgan fingerprint density at radius 3 is 1.96 bits per heavy atom. The molecular weight excluding hydrogens is 330 g/mol. The van der Waals surface area contributed by atoms with Crippen LogP contribution >= 0.6 is 0 Å². The summed E-state index contributed by atoms with van der Waals surface area (Å²) in [7, 11) is 1.47. The number of carbonyl (C=O) groups is 3. The first-order valence-electron chi connectivity index (χ1n) is 7.92. The quantitative estimate of drug-likeness (QED) is 0.356. The van der Waals surface area contributed by atoms with Crippen LogP contribution in [0.1, 0.15) is 48.5 Å². The van der Waals surface area contributed by atoms with Gasteiger partial charge in [0.1, 0.15) is 17.7 Å². The van der Waals surface area contributed by atoms with E-state index in [0.717, 1.165) is 0 Å². The van der Waals surface area contributed by atoms with Gasteiger partial charge in [-0.15, -0.1) is 4.99 Å². The van der Waals surface area contributed by atoms with Gasteiger partial charge in [0, 0.05) is 7.05 Å². The molecule has 0 bridgehead atoms. The van der Waals surface area contributed by atoms with Gasteiger partial charge in [0.2, 0.25) is 5.96 Å². The third-order valence-electron chi connectivity index (χ3n) is 2.24. The van der Waals surface area contributed by atoms with Gasteiger partial charge >= 0.3 is 18.2 Å².